The van der Waals surface area contributed by atoms with Gasteiger partial charge in [-0.2, -0.15) is 10.4 Å². The molecule has 0 N–H and O–H groups in total. The minimum Gasteiger partial charge on any atom is -0.268 e. The van der Waals surface area contributed by atoms with Crippen LogP contribution in [-0.2, 0) is 13.0 Å². The largest absolute Gasteiger partial charge is 0.268 e. The van der Waals surface area contributed by atoms with E-state index in [0.29, 0.717) is 17.8 Å². The van der Waals surface area contributed by atoms with Crippen LogP contribution in [0.3, 0.4) is 0 Å². The monoisotopic (exact) mass is 253 g/mol. The second kappa shape index (κ2) is 5.49. The van der Waals surface area contributed by atoms with Gasteiger partial charge in [0.2, 0.25) is 0 Å². The zero-order chi connectivity index (χ0) is 13.8. The van der Waals surface area contributed by atoms with E-state index in [2.05, 4.69) is 24.2 Å². The van der Waals surface area contributed by atoms with Gasteiger partial charge in [0.15, 0.2) is 0 Å². The van der Waals surface area contributed by atoms with Crippen molar-refractivity contribution in [2.75, 3.05) is 0 Å². The topological polar surface area (TPSA) is 58.7 Å². The van der Waals surface area contributed by atoms with Crippen molar-refractivity contribution in [2.24, 2.45) is 0 Å². The molecule has 1 aromatic carbocycles. The molecular formula is C15H15N3O. The van der Waals surface area contributed by atoms with Gasteiger partial charge in [-0.3, -0.25) is 4.79 Å². The van der Waals surface area contributed by atoms with Gasteiger partial charge >= 0.3 is 0 Å². The van der Waals surface area contributed by atoms with Gasteiger partial charge in [0.1, 0.15) is 6.07 Å². The number of hydrogen-bond donors (Lipinski definition) is 0. The SMILES string of the molecule is CCc1ccc(Cn2nc(C)c(C#N)cc2=O)cc1. The van der Waals surface area contributed by atoms with Gasteiger partial charge in [0, 0.05) is 6.07 Å². The van der Waals surface area contributed by atoms with Gasteiger partial charge in [-0.25, -0.2) is 4.68 Å². The van der Waals surface area contributed by atoms with Gasteiger partial charge in [0.25, 0.3) is 5.56 Å². The molecule has 0 unspecified atom stereocenters. The lowest BCUT2D eigenvalue weighted by Crippen LogP contribution is -2.24. The highest BCUT2D eigenvalue weighted by Gasteiger charge is 2.05. The van der Waals surface area contributed by atoms with Crippen molar-refractivity contribution in [3.63, 3.8) is 0 Å². The van der Waals surface area contributed by atoms with E-state index in [0.717, 1.165) is 12.0 Å². The fraction of sp³-hybridized carbons (Fsp3) is 0.267. The molecular weight excluding hydrogens is 238 g/mol. The lowest BCUT2D eigenvalue weighted by Gasteiger charge is -2.07. The molecule has 0 spiro atoms. The average Bonchev–Trinajstić information content (AvgIpc) is 2.43. The Morgan fingerprint density at radius 3 is 2.47 bits per heavy atom. The Hall–Kier alpha value is -2.41. The van der Waals surface area contributed by atoms with E-state index in [1.54, 1.807) is 6.92 Å². The van der Waals surface area contributed by atoms with Crippen LogP contribution in [0.2, 0.25) is 0 Å². The van der Waals surface area contributed by atoms with Crippen molar-refractivity contribution in [3.8, 4) is 6.07 Å². The molecule has 96 valence electrons. The highest BCUT2D eigenvalue weighted by molar-refractivity contribution is 5.30. The molecule has 19 heavy (non-hydrogen) atoms. The molecule has 0 atom stereocenters. The van der Waals surface area contributed by atoms with E-state index >= 15 is 0 Å². The zero-order valence-electron chi connectivity index (χ0n) is 11.1. The predicted octanol–water partition coefficient (Wildman–Crippen LogP) is 2.03. The third kappa shape index (κ3) is 2.89. The zero-order valence-corrected chi connectivity index (χ0v) is 11.1. The van der Waals surface area contributed by atoms with Crippen LogP contribution in [0, 0.1) is 18.3 Å². The summed E-state index contributed by atoms with van der Waals surface area (Å²) in [6, 6.07) is 11.4. The quantitative estimate of drug-likeness (QED) is 0.841. The molecule has 2 rings (SSSR count). The summed E-state index contributed by atoms with van der Waals surface area (Å²) in [5.41, 5.74) is 2.95. The number of nitriles is 1. The fourth-order valence-corrected chi connectivity index (χ4v) is 1.87. The van der Waals surface area contributed by atoms with E-state index in [-0.39, 0.29) is 5.56 Å². The maximum absolute atomic E-state index is 11.8. The van der Waals surface area contributed by atoms with Crippen molar-refractivity contribution < 1.29 is 0 Å². The Kier molecular flexibility index (Phi) is 3.76. The minimum absolute atomic E-state index is 0.248. The van der Waals surface area contributed by atoms with Crippen LogP contribution in [0.1, 0.15) is 29.3 Å². The molecule has 1 aromatic heterocycles. The first-order valence-electron chi connectivity index (χ1n) is 6.20. The lowest BCUT2D eigenvalue weighted by molar-refractivity contribution is 0.627. The Labute approximate surface area is 111 Å². The molecule has 0 aliphatic rings. The summed E-state index contributed by atoms with van der Waals surface area (Å²) in [7, 11) is 0. The first kappa shape index (κ1) is 13.0. The lowest BCUT2D eigenvalue weighted by atomic mass is 10.1. The minimum atomic E-state index is -0.248. The molecule has 0 amide bonds. The summed E-state index contributed by atoms with van der Waals surface area (Å²) in [4.78, 5) is 11.8. The summed E-state index contributed by atoms with van der Waals surface area (Å²) in [6.45, 7) is 4.26. The number of nitrogens with zero attached hydrogens (tertiary/aromatic N) is 3. The van der Waals surface area contributed by atoms with Crippen LogP contribution in [0.25, 0.3) is 0 Å². The van der Waals surface area contributed by atoms with Crippen molar-refractivity contribution in [2.45, 2.75) is 26.8 Å². The van der Waals surface area contributed by atoms with Crippen LogP contribution in [0.4, 0.5) is 0 Å². The first-order chi connectivity index (χ1) is 9.13. The third-order valence-corrected chi connectivity index (χ3v) is 3.07. The van der Waals surface area contributed by atoms with Gasteiger partial charge in [-0.15, -0.1) is 0 Å². The molecule has 4 nitrogen and oxygen atoms in total. The molecule has 1 heterocycles. The summed E-state index contributed by atoms with van der Waals surface area (Å²) in [5.74, 6) is 0. The summed E-state index contributed by atoms with van der Waals surface area (Å²) in [5, 5.41) is 13.0. The van der Waals surface area contributed by atoms with Crippen molar-refractivity contribution >= 4 is 0 Å². The van der Waals surface area contributed by atoms with Crippen LogP contribution < -0.4 is 5.56 Å². The number of rotatable bonds is 3. The average molecular weight is 253 g/mol. The molecule has 0 fully saturated rings. The number of hydrogen-bond acceptors (Lipinski definition) is 3. The summed E-state index contributed by atoms with van der Waals surface area (Å²) < 4.78 is 1.39. The van der Waals surface area contributed by atoms with E-state index in [9.17, 15) is 4.79 Å². The Morgan fingerprint density at radius 2 is 1.89 bits per heavy atom. The number of aryl methyl sites for hydroxylation is 2. The second-order valence-corrected chi connectivity index (χ2v) is 4.42. The normalized spacial score (nSPS) is 10.2. The molecule has 0 saturated heterocycles. The van der Waals surface area contributed by atoms with Crippen molar-refractivity contribution in [3.05, 3.63) is 63.1 Å². The van der Waals surface area contributed by atoms with Crippen LogP contribution in [0.5, 0.6) is 0 Å². The molecule has 0 saturated carbocycles. The van der Waals surface area contributed by atoms with E-state index in [4.69, 9.17) is 5.26 Å². The van der Waals surface area contributed by atoms with E-state index in [1.807, 2.05) is 18.2 Å². The van der Waals surface area contributed by atoms with Gasteiger partial charge in [-0.05, 0) is 24.5 Å². The standard InChI is InChI=1S/C15H15N3O/c1-3-12-4-6-13(7-5-12)10-18-15(19)8-14(9-16)11(2)17-18/h4-8H,3,10H2,1-2H3. The van der Waals surface area contributed by atoms with Crippen molar-refractivity contribution in [1.82, 2.24) is 9.78 Å². The highest BCUT2D eigenvalue weighted by Crippen LogP contribution is 2.06. The van der Waals surface area contributed by atoms with Crippen LogP contribution in [-0.4, -0.2) is 9.78 Å². The predicted molar refractivity (Wildman–Crippen MR) is 72.9 cm³/mol. The molecule has 0 radical (unpaired) electrons. The molecule has 0 aliphatic carbocycles. The number of aromatic nitrogens is 2. The van der Waals surface area contributed by atoms with Crippen LogP contribution in [0.15, 0.2) is 35.1 Å². The third-order valence-electron chi connectivity index (χ3n) is 3.07. The highest BCUT2D eigenvalue weighted by atomic mass is 16.1. The molecule has 4 heteroatoms. The van der Waals surface area contributed by atoms with Gasteiger partial charge in [-0.1, -0.05) is 31.2 Å². The maximum Gasteiger partial charge on any atom is 0.268 e. The second-order valence-electron chi connectivity index (χ2n) is 4.42. The smallest absolute Gasteiger partial charge is 0.268 e. The van der Waals surface area contributed by atoms with Gasteiger partial charge in [0.05, 0.1) is 17.8 Å². The van der Waals surface area contributed by atoms with Crippen LogP contribution >= 0.6 is 0 Å². The Morgan fingerprint density at radius 1 is 1.26 bits per heavy atom. The number of benzene rings is 1. The summed E-state index contributed by atoms with van der Waals surface area (Å²) >= 11 is 0. The summed E-state index contributed by atoms with van der Waals surface area (Å²) in [6.07, 6.45) is 0.994. The first-order valence-corrected chi connectivity index (χ1v) is 6.20. The van der Waals surface area contributed by atoms with E-state index < -0.39 is 0 Å². The molecule has 2 aromatic rings. The Balaban J connectivity index is 2.30. The van der Waals surface area contributed by atoms with E-state index in [1.165, 1.54) is 16.3 Å². The van der Waals surface area contributed by atoms with Crippen molar-refractivity contribution in [1.29, 1.82) is 5.26 Å². The molecule has 0 aliphatic heterocycles. The Bertz CT molecular complexity index is 678. The van der Waals surface area contributed by atoms with Gasteiger partial charge < -0.3 is 0 Å². The fourth-order valence-electron chi connectivity index (χ4n) is 1.87. The maximum atomic E-state index is 11.8. The molecule has 0 bridgehead atoms.